The SMILES string of the molecule is OC1C2C(CCC[C@@H]1C1CCCC1)CCC[C@@H](C1CCCC1)C2O. The molecule has 0 heterocycles. The molecule has 0 aliphatic heterocycles. The van der Waals surface area contributed by atoms with E-state index in [9.17, 15) is 10.2 Å². The molecule has 0 radical (unpaired) electrons. The Labute approximate surface area is 148 Å². The van der Waals surface area contributed by atoms with Gasteiger partial charge in [-0.1, -0.05) is 64.2 Å². The van der Waals surface area contributed by atoms with Crippen LogP contribution in [0.2, 0.25) is 0 Å². The van der Waals surface area contributed by atoms with E-state index in [1.54, 1.807) is 0 Å². The van der Waals surface area contributed by atoms with Gasteiger partial charge >= 0.3 is 0 Å². The second kappa shape index (κ2) is 7.66. The highest BCUT2D eigenvalue weighted by atomic mass is 16.3. The molecular weight excluding hydrogens is 296 g/mol. The predicted octanol–water partition coefficient (Wildman–Crippen LogP) is 4.92. The van der Waals surface area contributed by atoms with Crippen molar-refractivity contribution in [3.05, 3.63) is 0 Å². The largest absolute Gasteiger partial charge is 0.392 e. The van der Waals surface area contributed by atoms with Gasteiger partial charge in [0.2, 0.25) is 0 Å². The first-order valence-corrected chi connectivity index (χ1v) is 11.1. The molecule has 138 valence electrons. The highest BCUT2D eigenvalue weighted by Gasteiger charge is 2.47. The summed E-state index contributed by atoms with van der Waals surface area (Å²) in [4.78, 5) is 0. The van der Waals surface area contributed by atoms with Crippen LogP contribution in [0.5, 0.6) is 0 Å². The van der Waals surface area contributed by atoms with Crippen LogP contribution in [0.4, 0.5) is 0 Å². The van der Waals surface area contributed by atoms with E-state index in [4.69, 9.17) is 0 Å². The van der Waals surface area contributed by atoms with Gasteiger partial charge < -0.3 is 10.2 Å². The van der Waals surface area contributed by atoms with Gasteiger partial charge in [-0.15, -0.1) is 0 Å². The van der Waals surface area contributed by atoms with Crippen molar-refractivity contribution in [1.29, 1.82) is 0 Å². The Balaban J connectivity index is 1.55. The molecule has 0 aromatic rings. The summed E-state index contributed by atoms with van der Waals surface area (Å²) in [6.45, 7) is 0. The lowest BCUT2D eigenvalue weighted by atomic mass is 9.71. The van der Waals surface area contributed by atoms with Crippen LogP contribution in [0.25, 0.3) is 0 Å². The first-order valence-electron chi connectivity index (χ1n) is 11.1. The van der Waals surface area contributed by atoms with Crippen LogP contribution in [0.1, 0.15) is 89.9 Å². The van der Waals surface area contributed by atoms with E-state index < -0.39 is 0 Å². The van der Waals surface area contributed by atoms with Gasteiger partial charge in [0.15, 0.2) is 0 Å². The van der Waals surface area contributed by atoms with E-state index in [1.165, 1.54) is 89.9 Å². The number of hydrogen-bond donors (Lipinski definition) is 2. The molecule has 4 rings (SSSR count). The van der Waals surface area contributed by atoms with Gasteiger partial charge in [0.25, 0.3) is 0 Å². The molecular formula is C22H38O2. The fraction of sp³-hybridized carbons (Fsp3) is 1.00. The van der Waals surface area contributed by atoms with Crippen LogP contribution in [0, 0.1) is 35.5 Å². The molecule has 4 fully saturated rings. The number of rotatable bonds is 2. The van der Waals surface area contributed by atoms with Gasteiger partial charge in [-0.3, -0.25) is 0 Å². The van der Waals surface area contributed by atoms with E-state index in [-0.39, 0.29) is 18.1 Å². The maximum absolute atomic E-state index is 11.4. The van der Waals surface area contributed by atoms with Crippen molar-refractivity contribution in [1.82, 2.24) is 0 Å². The first-order chi connectivity index (χ1) is 11.8. The van der Waals surface area contributed by atoms with Crippen LogP contribution in [-0.4, -0.2) is 22.4 Å². The van der Waals surface area contributed by atoms with Crippen molar-refractivity contribution in [2.24, 2.45) is 35.5 Å². The monoisotopic (exact) mass is 334 g/mol. The Morgan fingerprint density at radius 2 is 0.792 bits per heavy atom. The Morgan fingerprint density at radius 1 is 0.417 bits per heavy atom. The third kappa shape index (κ3) is 3.30. The predicted molar refractivity (Wildman–Crippen MR) is 97.6 cm³/mol. The van der Waals surface area contributed by atoms with Crippen LogP contribution in [0.15, 0.2) is 0 Å². The molecule has 0 aromatic heterocycles. The van der Waals surface area contributed by atoms with E-state index in [0.717, 1.165) is 11.8 Å². The second-order valence-electron chi connectivity index (χ2n) is 9.60. The lowest BCUT2D eigenvalue weighted by Crippen LogP contribution is -2.45. The summed E-state index contributed by atoms with van der Waals surface area (Å²) in [6, 6.07) is 0. The average molecular weight is 335 g/mol. The van der Waals surface area contributed by atoms with Gasteiger partial charge in [-0.05, 0) is 55.3 Å². The van der Waals surface area contributed by atoms with E-state index >= 15 is 0 Å². The summed E-state index contributed by atoms with van der Waals surface area (Å²) >= 11 is 0. The Kier molecular flexibility index (Phi) is 5.53. The van der Waals surface area contributed by atoms with Gasteiger partial charge in [0, 0.05) is 5.92 Å². The van der Waals surface area contributed by atoms with Crippen LogP contribution in [-0.2, 0) is 0 Å². The third-order valence-corrected chi connectivity index (χ3v) is 8.45. The summed E-state index contributed by atoms with van der Waals surface area (Å²) < 4.78 is 0. The lowest BCUT2D eigenvalue weighted by molar-refractivity contribution is -0.0750. The minimum absolute atomic E-state index is 0.172. The molecule has 0 amide bonds. The molecule has 4 aliphatic rings. The molecule has 2 heteroatoms. The summed E-state index contributed by atoms with van der Waals surface area (Å²) in [5.74, 6) is 3.16. The summed E-state index contributed by atoms with van der Waals surface area (Å²) in [5.41, 5.74) is 0. The Bertz CT molecular complexity index is 361. The highest BCUT2D eigenvalue weighted by Crippen LogP contribution is 2.49. The summed E-state index contributed by atoms with van der Waals surface area (Å²) in [5, 5.41) is 22.8. The number of fused-ring (bicyclic) bond motifs is 1. The molecule has 4 saturated carbocycles. The molecule has 6 atom stereocenters. The Hall–Kier alpha value is -0.0800. The first kappa shape index (κ1) is 17.3. The molecule has 2 N–H and O–H groups in total. The fourth-order valence-electron chi connectivity index (χ4n) is 7.23. The van der Waals surface area contributed by atoms with Crippen molar-refractivity contribution >= 4 is 0 Å². The van der Waals surface area contributed by atoms with Crippen molar-refractivity contribution in [2.45, 2.75) is 102 Å². The van der Waals surface area contributed by atoms with Crippen molar-refractivity contribution in [2.75, 3.05) is 0 Å². The number of aliphatic hydroxyl groups is 2. The molecule has 4 aliphatic carbocycles. The zero-order valence-electron chi connectivity index (χ0n) is 15.4. The minimum Gasteiger partial charge on any atom is -0.392 e. The molecule has 0 saturated heterocycles. The molecule has 4 unspecified atom stereocenters. The van der Waals surface area contributed by atoms with E-state index in [2.05, 4.69) is 0 Å². The maximum atomic E-state index is 11.4. The topological polar surface area (TPSA) is 40.5 Å². The van der Waals surface area contributed by atoms with Crippen LogP contribution < -0.4 is 0 Å². The minimum atomic E-state index is -0.238. The maximum Gasteiger partial charge on any atom is 0.0626 e. The molecule has 2 nitrogen and oxygen atoms in total. The van der Waals surface area contributed by atoms with E-state index in [0.29, 0.717) is 17.8 Å². The zero-order chi connectivity index (χ0) is 16.5. The fourth-order valence-corrected chi connectivity index (χ4v) is 7.23. The Morgan fingerprint density at radius 3 is 1.21 bits per heavy atom. The lowest BCUT2D eigenvalue weighted by Gasteiger charge is -2.39. The van der Waals surface area contributed by atoms with Crippen LogP contribution >= 0.6 is 0 Å². The quantitative estimate of drug-likeness (QED) is 0.752. The summed E-state index contributed by atoms with van der Waals surface area (Å²) in [6.07, 6.45) is 17.7. The number of aliphatic hydroxyl groups excluding tert-OH is 2. The molecule has 0 bridgehead atoms. The third-order valence-electron chi connectivity index (χ3n) is 8.45. The number of hydrogen-bond acceptors (Lipinski definition) is 2. The summed E-state index contributed by atoms with van der Waals surface area (Å²) in [7, 11) is 0. The van der Waals surface area contributed by atoms with Gasteiger partial charge in [-0.2, -0.15) is 0 Å². The average Bonchev–Trinajstić information content (AvgIpc) is 3.23. The normalized spacial score (nSPS) is 45.8. The molecule has 0 spiro atoms. The smallest absolute Gasteiger partial charge is 0.0626 e. The highest BCUT2D eigenvalue weighted by molar-refractivity contribution is 4.97. The van der Waals surface area contributed by atoms with Crippen LogP contribution in [0.3, 0.4) is 0 Å². The van der Waals surface area contributed by atoms with Crippen molar-refractivity contribution < 1.29 is 10.2 Å². The van der Waals surface area contributed by atoms with Crippen molar-refractivity contribution in [3.8, 4) is 0 Å². The molecule has 24 heavy (non-hydrogen) atoms. The molecule has 0 aromatic carbocycles. The van der Waals surface area contributed by atoms with E-state index in [1.807, 2.05) is 0 Å². The van der Waals surface area contributed by atoms with Gasteiger partial charge in [0.05, 0.1) is 12.2 Å². The van der Waals surface area contributed by atoms with Gasteiger partial charge in [0.1, 0.15) is 0 Å². The van der Waals surface area contributed by atoms with Gasteiger partial charge in [-0.25, -0.2) is 0 Å². The van der Waals surface area contributed by atoms with Crippen molar-refractivity contribution in [3.63, 3.8) is 0 Å². The zero-order valence-corrected chi connectivity index (χ0v) is 15.4. The second-order valence-corrected chi connectivity index (χ2v) is 9.60. The standard InChI is InChI=1S/C22H38O2/c23-21-18(15-7-1-2-8-15)13-5-11-17-12-6-14-19(22(24)20(17)21)16-9-3-4-10-16/h15-24H,1-14H2/t17?,18-,19+,20?,21?,22?.